The van der Waals surface area contributed by atoms with E-state index in [1.165, 1.54) is 4.90 Å². The Labute approximate surface area is 136 Å². The van der Waals surface area contributed by atoms with Crippen LogP contribution < -0.4 is 0 Å². The third-order valence-corrected chi connectivity index (χ3v) is 3.96. The summed E-state index contributed by atoms with van der Waals surface area (Å²) in [4.78, 5) is 38.8. The molecule has 0 saturated heterocycles. The molecule has 1 heterocycles. The van der Waals surface area contributed by atoms with E-state index < -0.39 is 0 Å². The molecule has 3 amide bonds. The van der Waals surface area contributed by atoms with Crippen LogP contribution in [0.2, 0.25) is 0 Å². The number of amides is 3. The van der Waals surface area contributed by atoms with Crippen molar-refractivity contribution >= 4 is 33.7 Å². The number of nitrogens with zero attached hydrogens (tertiary/aromatic N) is 3. The van der Waals surface area contributed by atoms with Gasteiger partial charge in [-0.25, -0.2) is 0 Å². The molecule has 0 atom stereocenters. The van der Waals surface area contributed by atoms with Gasteiger partial charge in [-0.2, -0.15) is 5.26 Å². The van der Waals surface area contributed by atoms with E-state index in [4.69, 9.17) is 5.26 Å². The maximum absolute atomic E-state index is 12.2. The Bertz CT molecular complexity index is 681. The highest BCUT2D eigenvalue weighted by molar-refractivity contribution is 9.10. The fraction of sp³-hybridized carbons (Fsp3) is 0.333. The molecule has 0 aromatic heterocycles. The zero-order valence-corrected chi connectivity index (χ0v) is 13.6. The minimum Gasteiger partial charge on any atom is -0.345 e. The van der Waals surface area contributed by atoms with Gasteiger partial charge in [-0.3, -0.25) is 19.3 Å². The molecular weight excluding hydrogens is 350 g/mol. The van der Waals surface area contributed by atoms with Crippen molar-refractivity contribution < 1.29 is 14.4 Å². The predicted molar refractivity (Wildman–Crippen MR) is 82.0 cm³/mol. The van der Waals surface area contributed by atoms with E-state index in [0.717, 1.165) is 9.37 Å². The highest BCUT2D eigenvalue weighted by Gasteiger charge is 2.35. The van der Waals surface area contributed by atoms with Crippen molar-refractivity contribution in [1.82, 2.24) is 9.80 Å². The molecule has 1 aliphatic heterocycles. The summed E-state index contributed by atoms with van der Waals surface area (Å²) >= 11 is 3.27. The Balaban J connectivity index is 2.01. The van der Waals surface area contributed by atoms with Crippen LogP contribution in [0.3, 0.4) is 0 Å². The number of carbonyl (C=O) groups is 3. The SMILES string of the molecule is CN(CCC#N)C(=O)CCN1C(=O)c2ccc(Br)cc2C1=O. The van der Waals surface area contributed by atoms with Crippen molar-refractivity contribution in [2.24, 2.45) is 0 Å². The van der Waals surface area contributed by atoms with Gasteiger partial charge in [-0.15, -0.1) is 0 Å². The lowest BCUT2D eigenvalue weighted by molar-refractivity contribution is -0.129. The molecule has 0 radical (unpaired) electrons. The second kappa shape index (κ2) is 6.71. The number of hydrogen-bond donors (Lipinski definition) is 0. The number of carbonyl (C=O) groups excluding carboxylic acids is 3. The van der Waals surface area contributed by atoms with Gasteiger partial charge in [0, 0.05) is 31.0 Å². The topological polar surface area (TPSA) is 81.5 Å². The molecule has 7 heteroatoms. The van der Waals surface area contributed by atoms with Gasteiger partial charge in [0.25, 0.3) is 11.8 Å². The first-order valence-electron chi connectivity index (χ1n) is 6.72. The zero-order chi connectivity index (χ0) is 16.3. The Morgan fingerprint density at radius 3 is 2.68 bits per heavy atom. The summed E-state index contributed by atoms with van der Waals surface area (Å²) in [6, 6.07) is 6.87. The number of benzene rings is 1. The van der Waals surface area contributed by atoms with E-state index in [2.05, 4.69) is 15.9 Å². The predicted octanol–water partition coefficient (Wildman–Crippen LogP) is 1.81. The van der Waals surface area contributed by atoms with Crippen LogP contribution in [0.5, 0.6) is 0 Å². The molecule has 6 nitrogen and oxygen atoms in total. The molecule has 1 aliphatic rings. The van der Waals surface area contributed by atoms with Gasteiger partial charge in [0.05, 0.1) is 23.6 Å². The lowest BCUT2D eigenvalue weighted by atomic mass is 10.1. The molecule has 0 fully saturated rings. The molecule has 2 rings (SSSR count). The van der Waals surface area contributed by atoms with Crippen LogP contribution in [-0.4, -0.2) is 47.7 Å². The van der Waals surface area contributed by atoms with Crippen LogP contribution in [0, 0.1) is 11.3 Å². The Morgan fingerprint density at radius 2 is 2.00 bits per heavy atom. The van der Waals surface area contributed by atoms with Crippen LogP contribution in [0.15, 0.2) is 22.7 Å². The van der Waals surface area contributed by atoms with E-state index in [-0.39, 0.29) is 37.1 Å². The van der Waals surface area contributed by atoms with Crippen LogP contribution in [0.4, 0.5) is 0 Å². The van der Waals surface area contributed by atoms with Crippen LogP contribution in [0.25, 0.3) is 0 Å². The number of nitriles is 1. The van der Waals surface area contributed by atoms with Crippen molar-refractivity contribution in [3.05, 3.63) is 33.8 Å². The van der Waals surface area contributed by atoms with Crippen LogP contribution >= 0.6 is 15.9 Å². The molecule has 22 heavy (non-hydrogen) atoms. The summed E-state index contributed by atoms with van der Waals surface area (Å²) < 4.78 is 0.724. The largest absolute Gasteiger partial charge is 0.345 e. The quantitative estimate of drug-likeness (QED) is 0.747. The molecule has 0 aliphatic carbocycles. The first-order valence-corrected chi connectivity index (χ1v) is 7.51. The van der Waals surface area contributed by atoms with Crippen molar-refractivity contribution in [1.29, 1.82) is 5.26 Å². The second-order valence-corrected chi connectivity index (χ2v) is 5.84. The Morgan fingerprint density at radius 1 is 1.32 bits per heavy atom. The highest BCUT2D eigenvalue weighted by atomic mass is 79.9. The van der Waals surface area contributed by atoms with E-state index in [0.29, 0.717) is 17.7 Å². The van der Waals surface area contributed by atoms with Gasteiger partial charge < -0.3 is 4.90 Å². The minimum absolute atomic E-state index is 0.0414. The van der Waals surface area contributed by atoms with Gasteiger partial charge in [0.1, 0.15) is 0 Å². The molecule has 0 spiro atoms. The number of halogens is 1. The zero-order valence-electron chi connectivity index (χ0n) is 12.0. The van der Waals surface area contributed by atoms with Crippen LogP contribution in [-0.2, 0) is 4.79 Å². The third kappa shape index (κ3) is 3.17. The monoisotopic (exact) mass is 363 g/mol. The molecule has 0 saturated carbocycles. The maximum Gasteiger partial charge on any atom is 0.261 e. The standard InChI is InChI=1S/C15H14BrN3O3/c1-18(7-2-6-17)13(20)5-8-19-14(21)11-4-3-10(16)9-12(11)15(19)22/h3-4,9H,2,5,7-8H2,1H3. The molecule has 1 aromatic rings. The summed E-state index contributed by atoms with van der Waals surface area (Å²) in [7, 11) is 1.60. The fourth-order valence-corrected chi connectivity index (χ4v) is 2.57. The third-order valence-electron chi connectivity index (χ3n) is 3.47. The number of rotatable bonds is 5. The highest BCUT2D eigenvalue weighted by Crippen LogP contribution is 2.26. The summed E-state index contributed by atoms with van der Waals surface area (Å²) in [5.74, 6) is -0.957. The fourth-order valence-electron chi connectivity index (χ4n) is 2.21. The molecule has 0 N–H and O–H groups in total. The van der Waals surface area contributed by atoms with Gasteiger partial charge in [-0.1, -0.05) is 15.9 Å². The molecular formula is C15H14BrN3O3. The van der Waals surface area contributed by atoms with E-state index in [9.17, 15) is 14.4 Å². The number of hydrogen-bond acceptors (Lipinski definition) is 4. The first kappa shape index (κ1) is 16.2. The van der Waals surface area contributed by atoms with Crippen molar-refractivity contribution in [3.8, 4) is 6.07 Å². The smallest absolute Gasteiger partial charge is 0.261 e. The second-order valence-electron chi connectivity index (χ2n) is 4.93. The number of fused-ring (bicyclic) bond motifs is 1. The summed E-state index contributed by atoms with van der Waals surface area (Å²) in [6.07, 6.45) is 0.303. The lowest BCUT2D eigenvalue weighted by Gasteiger charge is -2.18. The van der Waals surface area contributed by atoms with E-state index in [1.54, 1.807) is 25.2 Å². The maximum atomic E-state index is 12.2. The summed E-state index contributed by atoms with van der Waals surface area (Å²) in [6.45, 7) is 0.379. The summed E-state index contributed by atoms with van der Waals surface area (Å²) in [5.41, 5.74) is 0.711. The van der Waals surface area contributed by atoms with E-state index in [1.807, 2.05) is 6.07 Å². The molecule has 1 aromatic carbocycles. The van der Waals surface area contributed by atoms with Gasteiger partial charge in [0.15, 0.2) is 0 Å². The average molecular weight is 364 g/mol. The average Bonchev–Trinajstić information content (AvgIpc) is 2.73. The normalized spacial score (nSPS) is 13.0. The molecule has 114 valence electrons. The lowest BCUT2D eigenvalue weighted by Crippen LogP contribution is -2.35. The molecule has 0 bridgehead atoms. The van der Waals surface area contributed by atoms with Crippen molar-refractivity contribution in [2.45, 2.75) is 12.8 Å². The number of imide groups is 1. The van der Waals surface area contributed by atoms with Crippen molar-refractivity contribution in [2.75, 3.05) is 20.1 Å². The first-order chi connectivity index (χ1) is 10.5. The van der Waals surface area contributed by atoms with E-state index >= 15 is 0 Å². The Hall–Kier alpha value is -2.20. The van der Waals surface area contributed by atoms with Crippen molar-refractivity contribution in [3.63, 3.8) is 0 Å². The van der Waals surface area contributed by atoms with Gasteiger partial charge >= 0.3 is 0 Å². The molecule has 0 unspecified atom stereocenters. The summed E-state index contributed by atoms with van der Waals surface area (Å²) in [5, 5.41) is 8.50. The van der Waals surface area contributed by atoms with Gasteiger partial charge in [0.2, 0.25) is 5.91 Å². The van der Waals surface area contributed by atoms with Gasteiger partial charge in [-0.05, 0) is 18.2 Å². The van der Waals surface area contributed by atoms with Crippen LogP contribution in [0.1, 0.15) is 33.6 Å². The minimum atomic E-state index is -0.381. The Kier molecular flexibility index (Phi) is 4.93.